The van der Waals surface area contributed by atoms with Gasteiger partial charge in [-0.15, -0.1) is 0 Å². The number of likely N-dealkylation sites (tertiary alicyclic amines) is 1. The zero-order chi connectivity index (χ0) is 15.2. The zero-order valence-corrected chi connectivity index (χ0v) is 12.3. The minimum Gasteiger partial charge on any atom is -0.465 e. The monoisotopic (exact) mass is 309 g/mol. The number of fused-ring (bicyclic) bond motifs is 2. The maximum absolute atomic E-state index is 12.4. The number of carbonyl (C=O) groups excluding carboxylic acids is 2. The number of ether oxygens (including phenoxy) is 1. The van der Waals surface area contributed by atoms with Crippen LogP contribution in [0.1, 0.15) is 27.1 Å². The van der Waals surface area contributed by atoms with Gasteiger partial charge >= 0.3 is 5.97 Å². The molecule has 112 valence electrons. The number of carbonyl (C=O) groups is 2. The first kappa shape index (κ1) is 14.1. The largest absolute Gasteiger partial charge is 0.465 e. The molecule has 0 saturated carbocycles. The Balaban J connectivity index is 1.77. The molecule has 21 heavy (non-hydrogen) atoms. The lowest BCUT2D eigenvalue weighted by atomic mass is 10.1. The third kappa shape index (κ3) is 2.31. The quantitative estimate of drug-likeness (QED) is 0.743. The molecule has 0 spiro atoms. The second-order valence-electron chi connectivity index (χ2n) is 5.37. The highest BCUT2D eigenvalue weighted by Crippen LogP contribution is 2.33. The van der Waals surface area contributed by atoms with E-state index < -0.39 is 21.1 Å². The van der Waals surface area contributed by atoms with Crippen molar-refractivity contribution in [2.24, 2.45) is 0 Å². The number of rotatable bonds is 2. The van der Waals surface area contributed by atoms with E-state index in [-0.39, 0.29) is 24.2 Å². The molecule has 0 radical (unpaired) electrons. The van der Waals surface area contributed by atoms with E-state index in [4.69, 9.17) is 0 Å². The molecule has 1 aromatic rings. The van der Waals surface area contributed by atoms with Gasteiger partial charge in [-0.25, -0.2) is 13.2 Å². The fourth-order valence-electron chi connectivity index (χ4n) is 2.98. The van der Waals surface area contributed by atoms with Gasteiger partial charge in [-0.1, -0.05) is 0 Å². The molecular formula is C14H15NO5S. The van der Waals surface area contributed by atoms with Crippen molar-refractivity contribution in [1.29, 1.82) is 0 Å². The summed E-state index contributed by atoms with van der Waals surface area (Å²) in [5.74, 6) is -0.585. The highest BCUT2D eigenvalue weighted by molar-refractivity contribution is 7.92. The number of hydrogen-bond donors (Lipinski definition) is 0. The summed E-state index contributed by atoms with van der Waals surface area (Å²) in [4.78, 5) is 25.4. The van der Waals surface area contributed by atoms with E-state index in [0.717, 1.165) is 0 Å². The molecule has 2 heterocycles. The van der Waals surface area contributed by atoms with Crippen LogP contribution < -0.4 is 0 Å². The second-order valence-corrected chi connectivity index (χ2v) is 7.69. The molecule has 2 unspecified atom stereocenters. The lowest BCUT2D eigenvalue weighted by molar-refractivity contribution is 0.0599. The molecular weight excluding hydrogens is 294 g/mol. The molecule has 1 aromatic carbocycles. The first-order valence-electron chi connectivity index (χ1n) is 6.63. The summed E-state index contributed by atoms with van der Waals surface area (Å²) in [5.41, 5.74) is 0.826. The summed E-state index contributed by atoms with van der Waals surface area (Å²) >= 11 is 0. The van der Waals surface area contributed by atoms with Crippen LogP contribution >= 0.6 is 0 Å². The lowest BCUT2D eigenvalue weighted by Gasteiger charge is -2.26. The predicted octanol–water partition coefficient (Wildman–Crippen LogP) is 0.485. The average molecular weight is 309 g/mol. The third-order valence-corrected chi connectivity index (χ3v) is 6.33. The summed E-state index contributed by atoms with van der Waals surface area (Å²) in [7, 11) is -1.72. The third-order valence-electron chi connectivity index (χ3n) is 4.12. The van der Waals surface area contributed by atoms with Crippen LogP contribution in [0, 0.1) is 0 Å². The lowest BCUT2D eigenvalue weighted by Crippen LogP contribution is -2.44. The van der Waals surface area contributed by atoms with Crippen LogP contribution in [0.4, 0.5) is 0 Å². The van der Waals surface area contributed by atoms with Gasteiger partial charge in [0.1, 0.15) is 0 Å². The molecule has 2 atom stereocenters. The highest BCUT2D eigenvalue weighted by Gasteiger charge is 2.50. The smallest absolute Gasteiger partial charge is 0.337 e. The van der Waals surface area contributed by atoms with Crippen molar-refractivity contribution < 1.29 is 22.7 Å². The van der Waals surface area contributed by atoms with Crippen LogP contribution in [-0.4, -0.2) is 55.9 Å². The molecule has 2 bridgehead atoms. The average Bonchev–Trinajstić information content (AvgIpc) is 3.01. The predicted molar refractivity (Wildman–Crippen MR) is 74.8 cm³/mol. The van der Waals surface area contributed by atoms with Gasteiger partial charge in [0.05, 0.1) is 23.7 Å². The summed E-state index contributed by atoms with van der Waals surface area (Å²) in [6.07, 6.45) is 0.536. The van der Waals surface area contributed by atoms with Crippen molar-refractivity contribution in [3.63, 3.8) is 0 Å². The van der Waals surface area contributed by atoms with E-state index in [0.29, 0.717) is 17.5 Å². The van der Waals surface area contributed by atoms with Crippen molar-refractivity contribution in [3.05, 3.63) is 35.4 Å². The molecule has 2 aliphatic heterocycles. The molecule has 2 fully saturated rings. The van der Waals surface area contributed by atoms with E-state index in [2.05, 4.69) is 4.74 Å². The minimum atomic E-state index is -3.01. The Morgan fingerprint density at radius 1 is 1.19 bits per heavy atom. The topological polar surface area (TPSA) is 80.8 Å². The summed E-state index contributed by atoms with van der Waals surface area (Å²) < 4.78 is 28.0. The maximum atomic E-state index is 12.4. The number of amides is 1. The summed E-state index contributed by atoms with van der Waals surface area (Å²) in [6.45, 7) is 0.268. The zero-order valence-electron chi connectivity index (χ0n) is 11.5. The second kappa shape index (κ2) is 4.84. The number of methoxy groups -OCH3 is 1. The van der Waals surface area contributed by atoms with Gasteiger partial charge in [0.2, 0.25) is 0 Å². The number of hydrogen-bond acceptors (Lipinski definition) is 5. The molecule has 3 rings (SSSR count). The molecule has 0 N–H and O–H groups in total. The number of sulfone groups is 1. The van der Waals surface area contributed by atoms with Gasteiger partial charge in [-0.3, -0.25) is 4.79 Å². The van der Waals surface area contributed by atoms with Gasteiger partial charge in [-0.05, 0) is 30.7 Å². The maximum Gasteiger partial charge on any atom is 0.337 e. The molecule has 0 aliphatic carbocycles. The molecule has 6 nitrogen and oxygen atoms in total. The Kier molecular flexibility index (Phi) is 3.24. The van der Waals surface area contributed by atoms with Crippen LogP contribution in [0.25, 0.3) is 0 Å². The van der Waals surface area contributed by atoms with Crippen LogP contribution in [0.5, 0.6) is 0 Å². The SMILES string of the molecule is COC(=O)c1ccc(C(=O)N2CC3CC2CS3(=O)=O)cc1. The van der Waals surface area contributed by atoms with Crippen molar-refractivity contribution in [1.82, 2.24) is 4.90 Å². The standard InChI is InChI=1S/C14H15NO5S/c1-20-14(17)10-4-2-9(3-5-10)13(16)15-7-12-6-11(15)8-21(12,18)19/h2-5,11-12H,6-8H2,1H3. The van der Waals surface area contributed by atoms with E-state index in [1.165, 1.54) is 19.2 Å². The fourth-order valence-corrected chi connectivity index (χ4v) is 5.01. The van der Waals surface area contributed by atoms with Crippen LogP contribution in [0.3, 0.4) is 0 Å². The van der Waals surface area contributed by atoms with E-state index in [1.807, 2.05) is 0 Å². The Hall–Kier alpha value is -1.89. The minimum absolute atomic E-state index is 0.0592. The van der Waals surface area contributed by atoms with E-state index in [9.17, 15) is 18.0 Å². The van der Waals surface area contributed by atoms with Crippen molar-refractivity contribution >= 4 is 21.7 Å². The van der Waals surface area contributed by atoms with Gasteiger partial charge in [-0.2, -0.15) is 0 Å². The van der Waals surface area contributed by atoms with Gasteiger partial charge in [0, 0.05) is 18.2 Å². The first-order chi connectivity index (χ1) is 9.92. The normalized spacial score (nSPS) is 25.9. The highest BCUT2D eigenvalue weighted by atomic mass is 32.2. The van der Waals surface area contributed by atoms with Gasteiger partial charge in [0.25, 0.3) is 5.91 Å². The Labute approximate surface area is 122 Å². The van der Waals surface area contributed by atoms with Crippen molar-refractivity contribution in [3.8, 4) is 0 Å². The molecule has 2 aliphatic rings. The van der Waals surface area contributed by atoms with Crippen LogP contribution in [0.15, 0.2) is 24.3 Å². The Bertz CT molecular complexity index is 695. The fraction of sp³-hybridized carbons (Fsp3) is 0.429. The Morgan fingerprint density at radius 3 is 2.29 bits per heavy atom. The van der Waals surface area contributed by atoms with E-state index >= 15 is 0 Å². The van der Waals surface area contributed by atoms with Crippen LogP contribution in [0.2, 0.25) is 0 Å². The first-order valence-corrected chi connectivity index (χ1v) is 8.35. The number of esters is 1. The van der Waals surface area contributed by atoms with E-state index in [1.54, 1.807) is 17.0 Å². The number of nitrogens with zero attached hydrogens (tertiary/aromatic N) is 1. The molecule has 7 heteroatoms. The molecule has 2 saturated heterocycles. The van der Waals surface area contributed by atoms with Crippen molar-refractivity contribution in [2.45, 2.75) is 17.7 Å². The van der Waals surface area contributed by atoms with Crippen LogP contribution in [-0.2, 0) is 14.6 Å². The number of benzene rings is 1. The molecule has 0 aromatic heterocycles. The van der Waals surface area contributed by atoms with Gasteiger partial charge < -0.3 is 9.64 Å². The summed E-state index contributed by atoms with van der Waals surface area (Å²) in [5, 5.41) is -0.416. The Morgan fingerprint density at radius 2 is 1.81 bits per heavy atom. The van der Waals surface area contributed by atoms with Gasteiger partial charge in [0.15, 0.2) is 9.84 Å². The summed E-state index contributed by atoms with van der Waals surface area (Å²) in [6, 6.07) is 5.98. The molecule has 1 amide bonds. The van der Waals surface area contributed by atoms with Crippen molar-refractivity contribution in [2.75, 3.05) is 19.4 Å².